The number of nitrogens with one attached hydrogen (secondary N) is 1. The molecular weight excluding hydrogens is 717 g/mol. The van der Waals surface area contributed by atoms with Crippen molar-refractivity contribution in [3.8, 4) is 0 Å². The molecule has 1 spiro atoms. The summed E-state index contributed by atoms with van der Waals surface area (Å²) in [6.45, 7) is 4.39. The molecule has 3 aromatic rings. The normalized spacial score (nSPS) is 17.4. The van der Waals surface area contributed by atoms with E-state index in [1.165, 1.54) is 49.1 Å². The number of carbonyl (C=O) groups excluding carboxylic acids is 2. The molecule has 0 radical (unpaired) electrons. The number of hydrogen-bond acceptors (Lipinski definition) is 6. The Morgan fingerprint density at radius 1 is 0.962 bits per heavy atom. The molecule has 9 nitrogen and oxygen atoms in total. The highest BCUT2D eigenvalue weighted by Gasteiger charge is 2.56. The fraction of sp³-hybridized carbons (Fsp3) is 0.421. The summed E-state index contributed by atoms with van der Waals surface area (Å²) in [4.78, 5) is 29.0. The summed E-state index contributed by atoms with van der Waals surface area (Å²) in [6.07, 6.45) is 3.52. The van der Waals surface area contributed by atoms with Gasteiger partial charge in [-0.15, -0.1) is 12.4 Å². The van der Waals surface area contributed by atoms with Crippen LogP contribution in [0.25, 0.3) is 4.91 Å². The second-order valence-corrected chi connectivity index (χ2v) is 15.6. The van der Waals surface area contributed by atoms with Gasteiger partial charge in [0.25, 0.3) is 0 Å². The quantitative estimate of drug-likeness (QED) is 0.218. The number of hydrogen-bond donors (Lipinski definition) is 2. The van der Waals surface area contributed by atoms with E-state index in [-0.39, 0.29) is 50.2 Å². The van der Waals surface area contributed by atoms with Gasteiger partial charge >= 0.3 is 0 Å². The topological polar surface area (TPSA) is 122 Å². The summed E-state index contributed by atoms with van der Waals surface area (Å²) in [7, 11) is -4.15. The number of rotatable bonds is 13. The molecular formula is C38H46ClF3N4O5S. The first-order valence-corrected chi connectivity index (χ1v) is 18.6. The molecule has 0 aromatic heterocycles. The molecule has 52 heavy (non-hydrogen) atoms. The van der Waals surface area contributed by atoms with Crippen LogP contribution in [0.15, 0.2) is 78.4 Å². The monoisotopic (exact) mass is 762 g/mol. The van der Waals surface area contributed by atoms with Gasteiger partial charge in [-0.25, -0.2) is 21.6 Å². The van der Waals surface area contributed by atoms with Crippen molar-refractivity contribution in [3.05, 3.63) is 113 Å². The van der Waals surface area contributed by atoms with E-state index in [4.69, 9.17) is 10.5 Å². The van der Waals surface area contributed by atoms with Gasteiger partial charge < -0.3 is 20.7 Å². The highest BCUT2D eigenvalue weighted by molar-refractivity contribution is 7.98. The van der Waals surface area contributed by atoms with E-state index < -0.39 is 56.4 Å². The standard InChI is InChI=1S/C38H45F3N4O5S.ClH/c1-4-44(35(46)33(43-36(47)37(2,3)42)25-50-24-27-13-18-31(40)32(41)21-27)23-30-34(28-14-16-29(39)17-15-28)51(48,49)45(22-26-11-7-5-8-12-26)38(30)19-9-6-10-20-38;/h5,7-8,11-18,21,33H,4,6,9-10,19-20,22-25,42H2,1-3H3,(H,43,47);1H/t33-;/m1./s1. The van der Waals surface area contributed by atoms with Gasteiger partial charge in [0.1, 0.15) is 11.9 Å². The molecule has 1 aliphatic heterocycles. The van der Waals surface area contributed by atoms with Gasteiger partial charge in [0.05, 0.1) is 29.2 Å². The maximum absolute atomic E-state index is 14.7. The van der Waals surface area contributed by atoms with Gasteiger partial charge in [0.15, 0.2) is 11.6 Å². The number of nitrogens with two attached hydrogens (primary N) is 1. The summed E-state index contributed by atoms with van der Waals surface area (Å²) >= 11 is 0. The average molecular weight is 763 g/mol. The van der Waals surface area contributed by atoms with E-state index in [0.717, 1.165) is 37.0 Å². The first-order chi connectivity index (χ1) is 24.2. The highest BCUT2D eigenvalue weighted by Crippen LogP contribution is 2.52. The first kappa shape index (κ1) is 41.0. The zero-order valence-electron chi connectivity index (χ0n) is 29.5. The lowest BCUT2D eigenvalue weighted by atomic mass is 9.75. The molecule has 14 heteroatoms. The summed E-state index contributed by atoms with van der Waals surface area (Å²) in [5.41, 5.74) is 5.73. The first-order valence-electron chi connectivity index (χ1n) is 17.1. The number of nitrogens with zero attached hydrogens (tertiary/aromatic N) is 2. The molecule has 0 unspecified atom stereocenters. The van der Waals surface area contributed by atoms with Crippen LogP contribution >= 0.6 is 12.4 Å². The average Bonchev–Trinajstić information content (AvgIpc) is 3.26. The summed E-state index contributed by atoms with van der Waals surface area (Å²) < 4.78 is 78.3. The van der Waals surface area contributed by atoms with Crippen LogP contribution in [0.2, 0.25) is 0 Å². The predicted molar refractivity (Wildman–Crippen MR) is 196 cm³/mol. The highest BCUT2D eigenvalue weighted by atomic mass is 35.5. The van der Waals surface area contributed by atoms with Crippen molar-refractivity contribution >= 4 is 39.1 Å². The number of halogens is 4. The number of amides is 2. The Hall–Kier alpha value is -3.75. The third-order valence-electron chi connectivity index (χ3n) is 9.59. The minimum absolute atomic E-state index is 0. The van der Waals surface area contributed by atoms with Crippen molar-refractivity contribution in [2.24, 2.45) is 5.73 Å². The zero-order chi connectivity index (χ0) is 37.0. The lowest BCUT2D eigenvalue weighted by Gasteiger charge is -2.43. The lowest BCUT2D eigenvalue weighted by molar-refractivity contribution is -0.139. The van der Waals surface area contributed by atoms with E-state index in [9.17, 15) is 31.2 Å². The Labute approximate surface area is 309 Å². The molecule has 1 aliphatic carbocycles. The van der Waals surface area contributed by atoms with Crippen molar-refractivity contribution in [1.82, 2.24) is 14.5 Å². The number of ether oxygens (including phenoxy) is 1. The van der Waals surface area contributed by atoms with Gasteiger partial charge in [-0.1, -0.05) is 67.8 Å². The predicted octanol–water partition coefficient (Wildman–Crippen LogP) is 6.07. The molecule has 0 bridgehead atoms. The van der Waals surface area contributed by atoms with E-state index in [1.54, 1.807) is 11.2 Å². The van der Waals surface area contributed by atoms with Gasteiger partial charge in [0.2, 0.25) is 21.8 Å². The van der Waals surface area contributed by atoms with Crippen molar-refractivity contribution < 1.29 is 35.9 Å². The van der Waals surface area contributed by atoms with Gasteiger partial charge in [-0.3, -0.25) is 9.59 Å². The third-order valence-corrected chi connectivity index (χ3v) is 11.6. The van der Waals surface area contributed by atoms with Crippen LogP contribution < -0.4 is 11.1 Å². The van der Waals surface area contributed by atoms with Crippen LogP contribution in [0.3, 0.4) is 0 Å². The van der Waals surface area contributed by atoms with Crippen LogP contribution in [-0.2, 0) is 37.5 Å². The molecule has 1 heterocycles. The van der Waals surface area contributed by atoms with Crippen molar-refractivity contribution in [1.29, 1.82) is 0 Å². The number of benzene rings is 3. The molecule has 1 saturated carbocycles. The zero-order valence-corrected chi connectivity index (χ0v) is 31.2. The second-order valence-electron chi connectivity index (χ2n) is 13.8. The maximum Gasteiger partial charge on any atom is 0.247 e. The van der Waals surface area contributed by atoms with Crippen LogP contribution in [0.4, 0.5) is 13.2 Å². The molecule has 0 saturated heterocycles. The lowest BCUT2D eigenvalue weighted by Crippen LogP contribution is -2.58. The molecule has 282 valence electrons. The van der Waals surface area contributed by atoms with E-state index in [2.05, 4.69) is 5.32 Å². The third kappa shape index (κ3) is 8.88. The Morgan fingerprint density at radius 3 is 2.21 bits per heavy atom. The molecule has 2 aliphatic rings. The number of sulfonamides is 1. The van der Waals surface area contributed by atoms with Crippen LogP contribution in [0.5, 0.6) is 0 Å². The smallest absolute Gasteiger partial charge is 0.247 e. The summed E-state index contributed by atoms with van der Waals surface area (Å²) in [5, 5.41) is 2.68. The van der Waals surface area contributed by atoms with E-state index in [0.29, 0.717) is 29.5 Å². The SMILES string of the molecule is CCN(CC1=C(c2ccc(F)cc2)S(=O)(=O)N(Cc2ccccc2)C12CCCCC2)C(=O)[C@@H](COCc1ccc(F)c(F)c1)NC(=O)C(C)(C)N.Cl. The fourth-order valence-corrected chi connectivity index (χ4v) is 9.17. The maximum atomic E-state index is 14.7. The molecule has 1 fully saturated rings. The van der Waals surface area contributed by atoms with Crippen molar-refractivity contribution in [2.75, 3.05) is 19.7 Å². The van der Waals surface area contributed by atoms with Gasteiger partial charge in [-0.05, 0) is 80.1 Å². The molecule has 1 atom stereocenters. The molecule has 5 rings (SSSR count). The van der Waals surface area contributed by atoms with Gasteiger partial charge in [-0.2, -0.15) is 4.31 Å². The van der Waals surface area contributed by atoms with Crippen molar-refractivity contribution in [2.45, 2.75) is 83.1 Å². The molecule has 3 N–H and O–H groups in total. The minimum Gasteiger partial charge on any atom is -0.374 e. The molecule has 3 aromatic carbocycles. The second kappa shape index (κ2) is 16.9. The van der Waals surface area contributed by atoms with Crippen LogP contribution in [-0.4, -0.2) is 66.3 Å². The Balaban J connectivity index is 0.00000605. The Bertz CT molecular complexity index is 1870. The fourth-order valence-electron chi connectivity index (χ4n) is 6.87. The Kier molecular flexibility index (Phi) is 13.4. The largest absolute Gasteiger partial charge is 0.374 e. The van der Waals surface area contributed by atoms with Crippen molar-refractivity contribution in [3.63, 3.8) is 0 Å². The number of likely N-dealkylation sites (N-methyl/N-ethyl adjacent to an activating group) is 1. The van der Waals surface area contributed by atoms with E-state index >= 15 is 0 Å². The van der Waals surface area contributed by atoms with Crippen LogP contribution in [0.1, 0.15) is 69.6 Å². The van der Waals surface area contributed by atoms with Crippen LogP contribution in [0, 0.1) is 17.5 Å². The summed E-state index contributed by atoms with van der Waals surface area (Å²) in [6, 6.07) is 16.7. The number of carbonyl (C=O) groups is 2. The Morgan fingerprint density at radius 2 is 1.62 bits per heavy atom. The van der Waals surface area contributed by atoms with Gasteiger partial charge in [0, 0.05) is 19.6 Å². The molecule has 2 amide bonds. The minimum atomic E-state index is -4.15. The summed E-state index contributed by atoms with van der Waals surface area (Å²) in [5.74, 6) is -3.74. The van der Waals surface area contributed by atoms with E-state index in [1.807, 2.05) is 30.3 Å².